The molecule has 0 saturated carbocycles. The summed E-state index contributed by atoms with van der Waals surface area (Å²) in [6.07, 6.45) is 0. The second kappa shape index (κ2) is 8.05. The molecule has 2 amide bonds. The fourth-order valence-corrected chi connectivity index (χ4v) is 4.00. The van der Waals surface area contributed by atoms with E-state index in [2.05, 4.69) is 5.32 Å². The molecule has 0 aliphatic carbocycles. The quantitative estimate of drug-likeness (QED) is 0.518. The van der Waals surface area contributed by atoms with E-state index in [1.807, 2.05) is 63.2 Å². The van der Waals surface area contributed by atoms with Gasteiger partial charge in [-0.05, 0) is 68.7 Å². The Bertz CT molecular complexity index is 1240. The zero-order valence-electron chi connectivity index (χ0n) is 17.9. The van der Waals surface area contributed by atoms with Crippen molar-refractivity contribution in [1.29, 1.82) is 0 Å². The first-order chi connectivity index (χ1) is 14.8. The standard InChI is InChI=1S/C26H23ClN2O2/c1-15-8-11-19(12-9-15)28-24-23(20-13-10-16(2)14-17(20)3)25(30)29(26(24)31)22-7-5-6-21(27)18(22)4/h5-14,28H,1-4H3. The molecule has 4 rings (SSSR count). The molecule has 1 heterocycles. The maximum atomic E-state index is 13.6. The van der Waals surface area contributed by atoms with Crippen LogP contribution in [0.15, 0.2) is 66.4 Å². The molecule has 1 aliphatic rings. The largest absolute Gasteiger partial charge is 0.350 e. The van der Waals surface area contributed by atoms with Crippen LogP contribution in [-0.4, -0.2) is 11.8 Å². The highest BCUT2D eigenvalue weighted by atomic mass is 35.5. The van der Waals surface area contributed by atoms with Gasteiger partial charge in [-0.1, -0.05) is 59.1 Å². The van der Waals surface area contributed by atoms with Crippen LogP contribution in [0.5, 0.6) is 0 Å². The molecular formula is C26H23ClN2O2. The Balaban J connectivity index is 1.88. The van der Waals surface area contributed by atoms with Crippen molar-refractivity contribution in [2.45, 2.75) is 27.7 Å². The van der Waals surface area contributed by atoms with E-state index in [0.29, 0.717) is 21.8 Å². The van der Waals surface area contributed by atoms with E-state index in [4.69, 9.17) is 11.6 Å². The summed E-state index contributed by atoms with van der Waals surface area (Å²) in [5.74, 6) is -0.761. The first kappa shape index (κ1) is 20.9. The fourth-order valence-electron chi connectivity index (χ4n) is 3.83. The lowest BCUT2D eigenvalue weighted by Gasteiger charge is -2.18. The van der Waals surface area contributed by atoms with Crippen molar-refractivity contribution < 1.29 is 9.59 Å². The number of anilines is 2. The molecule has 4 nitrogen and oxygen atoms in total. The zero-order chi connectivity index (χ0) is 22.3. The van der Waals surface area contributed by atoms with Crippen molar-refractivity contribution in [3.63, 3.8) is 0 Å². The summed E-state index contributed by atoms with van der Waals surface area (Å²) in [7, 11) is 0. The number of imide groups is 1. The SMILES string of the molecule is Cc1ccc(NC2=C(c3ccc(C)cc3C)C(=O)N(c3cccc(Cl)c3C)C2=O)cc1. The summed E-state index contributed by atoms with van der Waals surface area (Å²) < 4.78 is 0. The van der Waals surface area contributed by atoms with Crippen LogP contribution in [0.2, 0.25) is 5.02 Å². The van der Waals surface area contributed by atoms with Crippen molar-refractivity contribution in [2.24, 2.45) is 0 Å². The van der Waals surface area contributed by atoms with E-state index in [1.165, 1.54) is 4.90 Å². The van der Waals surface area contributed by atoms with Gasteiger partial charge in [0.2, 0.25) is 0 Å². The number of carbonyl (C=O) groups excluding carboxylic acids is 2. The molecule has 0 radical (unpaired) electrons. The molecule has 0 bridgehead atoms. The van der Waals surface area contributed by atoms with Crippen LogP contribution in [0.25, 0.3) is 5.57 Å². The van der Waals surface area contributed by atoms with Crippen molar-refractivity contribution in [1.82, 2.24) is 0 Å². The first-order valence-electron chi connectivity index (χ1n) is 10.1. The highest BCUT2D eigenvalue weighted by Crippen LogP contribution is 2.37. The van der Waals surface area contributed by atoms with E-state index in [1.54, 1.807) is 25.1 Å². The molecular weight excluding hydrogens is 408 g/mol. The Morgan fingerprint density at radius 1 is 0.806 bits per heavy atom. The van der Waals surface area contributed by atoms with E-state index in [0.717, 1.165) is 27.9 Å². The Morgan fingerprint density at radius 2 is 1.48 bits per heavy atom. The molecule has 3 aromatic carbocycles. The van der Waals surface area contributed by atoms with Gasteiger partial charge in [-0.25, -0.2) is 4.90 Å². The highest BCUT2D eigenvalue weighted by Gasteiger charge is 2.41. The lowest BCUT2D eigenvalue weighted by Crippen LogP contribution is -2.33. The molecule has 0 saturated heterocycles. The van der Waals surface area contributed by atoms with Gasteiger partial charge in [0.1, 0.15) is 5.70 Å². The van der Waals surface area contributed by atoms with E-state index in [-0.39, 0.29) is 11.6 Å². The molecule has 0 aromatic heterocycles. The minimum Gasteiger partial charge on any atom is -0.350 e. The zero-order valence-corrected chi connectivity index (χ0v) is 18.7. The second-order valence-electron chi connectivity index (χ2n) is 7.89. The van der Waals surface area contributed by atoms with Gasteiger partial charge in [0.25, 0.3) is 11.8 Å². The third kappa shape index (κ3) is 3.75. The fraction of sp³-hybridized carbons (Fsp3) is 0.154. The second-order valence-corrected chi connectivity index (χ2v) is 8.30. The molecule has 0 spiro atoms. The van der Waals surface area contributed by atoms with Gasteiger partial charge in [0, 0.05) is 10.7 Å². The maximum Gasteiger partial charge on any atom is 0.282 e. The van der Waals surface area contributed by atoms with Gasteiger partial charge in [-0.3, -0.25) is 9.59 Å². The Kier molecular flexibility index (Phi) is 5.42. The summed E-state index contributed by atoms with van der Waals surface area (Å²) in [6.45, 7) is 7.75. The van der Waals surface area contributed by atoms with E-state index in [9.17, 15) is 9.59 Å². The number of nitrogens with one attached hydrogen (secondary N) is 1. The van der Waals surface area contributed by atoms with Gasteiger partial charge < -0.3 is 5.32 Å². The van der Waals surface area contributed by atoms with Crippen molar-refractivity contribution >= 4 is 40.4 Å². The van der Waals surface area contributed by atoms with Crippen molar-refractivity contribution in [2.75, 3.05) is 10.2 Å². The number of carbonyl (C=O) groups is 2. The Morgan fingerprint density at radius 3 is 2.16 bits per heavy atom. The van der Waals surface area contributed by atoms with Gasteiger partial charge in [0.05, 0.1) is 11.3 Å². The minimum atomic E-state index is -0.397. The van der Waals surface area contributed by atoms with Gasteiger partial charge in [-0.15, -0.1) is 0 Å². The van der Waals surface area contributed by atoms with Crippen molar-refractivity contribution in [3.8, 4) is 0 Å². The molecule has 31 heavy (non-hydrogen) atoms. The molecule has 0 fully saturated rings. The predicted octanol–water partition coefficient (Wildman–Crippen LogP) is 5.97. The normalized spacial score (nSPS) is 13.9. The molecule has 0 unspecified atom stereocenters. The number of hydrogen-bond donors (Lipinski definition) is 1. The van der Waals surface area contributed by atoms with Crippen LogP contribution in [0, 0.1) is 27.7 Å². The van der Waals surface area contributed by atoms with Crippen molar-refractivity contribution in [3.05, 3.63) is 99.2 Å². The molecule has 0 atom stereocenters. The van der Waals surface area contributed by atoms with E-state index >= 15 is 0 Å². The number of rotatable bonds is 4. The number of nitrogens with zero attached hydrogens (tertiary/aromatic N) is 1. The first-order valence-corrected chi connectivity index (χ1v) is 10.4. The molecule has 3 aromatic rings. The van der Waals surface area contributed by atoms with Crippen LogP contribution in [0.1, 0.15) is 27.8 Å². The summed E-state index contributed by atoms with van der Waals surface area (Å²) in [5, 5.41) is 3.71. The summed E-state index contributed by atoms with van der Waals surface area (Å²) in [5.41, 5.74) is 6.42. The lowest BCUT2D eigenvalue weighted by molar-refractivity contribution is -0.120. The Labute approximate surface area is 187 Å². The van der Waals surface area contributed by atoms with Crippen LogP contribution in [-0.2, 0) is 9.59 Å². The number of benzene rings is 3. The predicted molar refractivity (Wildman–Crippen MR) is 126 cm³/mol. The smallest absolute Gasteiger partial charge is 0.282 e. The van der Waals surface area contributed by atoms with Gasteiger partial charge in [-0.2, -0.15) is 0 Å². The summed E-state index contributed by atoms with van der Waals surface area (Å²) >= 11 is 6.29. The summed E-state index contributed by atoms with van der Waals surface area (Å²) in [4.78, 5) is 28.4. The van der Waals surface area contributed by atoms with Gasteiger partial charge >= 0.3 is 0 Å². The van der Waals surface area contributed by atoms with E-state index < -0.39 is 5.91 Å². The minimum absolute atomic E-state index is 0.264. The average Bonchev–Trinajstić information content (AvgIpc) is 2.96. The monoisotopic (exact) mass is 430 g/mol. The maximum absolute atomic E-state index is 13.6. The number of halogens is 1. The number of hydrogen-bond acceptors (Lipinski definition) is 3. The van der Waals surface area contributed by atoms with Crippen LogP contribution in [0.3, 0.4) is 0 Å². The van der Waals surface area contributed by atoms with Crippen LogP contribution >= 0.6 is 11.6 Å². The van der Waals surface area contributed by atoms with Crippen LogP contribution < -0.4 is 10.2 Å². The average molecular weight is 431 g/mol. The van der Waals surface area contributed by atoms with Crippen LogP contribution in [0.4, 0.5) is 11.4 Å². The number of aryl methyl sites for hydroxylation is 3. The molecule has 1 aliphatic heterocycles. The molecule has 1 N–H and O–H groups in total. The lowest BCUT2D eigenvalue weighted by atomic mass is 9.97. The Hall–Kier alpha value is -3.37. The molecule has 156 valence electrons. The third-order valence-corrected chi connectivity index (χ3v) is 5.95. The molecule has 5 heteroatoms. The topological polar surface area (TPSA) is 49.4 Å². The number of amides is 2. The highest BCUT2D eigenvalue weighted by molar-refractivity contribution is 6.46. The third-order valence-electron chi connectivity index (χ3n) is 5.54. The van der Waals surface area contributed by atoms with Gasteiger partial charge in [0.15, 0.2) is 0 Å². The summed E-state index contributed by atoms with van der Waals surface area (Å²) in [6, 6.07) is 18.8.